The highest BCUT2D eigenvalue weighted by atomic mass is 19.1. The van der Waals surface area contributed by atoms with Crippen LogP contribution in [-0.4, -0.2) is 40.5 Å². The van der Waals surface area contributed by atoms with Crippen LogP contribution in [-0.2, 0) is 11.3 Å². The van der Waals surface area contributed by atoms with Gasteiger partial charge in [-0.15, -0.1) is 0 Å². The number of nitrogens with one attached hydrogen (secondary N) is 1. The van der Waals surface area contributed by atoms with Crippen molar-refractivity contribution in [2.24, 2.45) is 0 Å². The molecule has 3 aromatic rings. The smallest absolute Gasteiger partial charge is 0.352 e. The van der Waals surface area contributed by atoms with Crippen molar-refractivity contribution in [3.05, 3.63) is 91.5 Å². The number of aryl methyl sites for hydroxylation is 2. The van der Waals surface area contributed by atoms with Gasteiger partial charge >= 0.3 is 5.69 Å². The molecule has 1 aromatic heterocycles. The molecule has 8 nitrogen and oxygen atoms in total. The molecule has 0 atom stereocenters. The molecule has 0 aliphatic rings. The van der Waals surface area contributed by atoms with E-state index in [0.29, 0.717) is 11.1 Å². The average molecular weight is 426 g/mol. The predicted molar refractivity (Wildman–Crippen MR) is 113 cm³/mol. The molecule has 0 fully saturated rings. The molecule has 0 aliphatic carbocycles. The second kappa shape index (κ2) is 9.48. The molecule has 162 valence electrons. The molecule has 0 bridgehead atoms. The second-order valence-electron chi connectivity index (χ2n) is 7.10. The second-order valence-corrected chi connectivity index (χ2v) is 7.10. The van der Waals surface area contributed by atoms with Gasteiger partial charge in [-0.25, -0.2) is 9.18 Å². The van der Waals surface area contributed by atoms with Gasteiger partial charge in [0.25, 0.3) is 11.5 Å². The van der Waals surface area contributed by atoms with Crippen LogP contribution in [0.15, 0.2) is 52.1 Å². The van der Waals surface area contributed by atoms with E-state index in [9.17, 15) is 18.8 Å². The van der Waals surface area contributed by atoms with Crippen molar-refractivity contribution in [1.29, 1.82) is 0 Å². The van der Waals surface area contributed by atoms with Gasteiger partial charge in [0.2, 0.25) is 5.69 Å². The lowest BCUT2D eigenvalue weighted by Gasteiger charge is -2.13. The van der Waals surface area contributed by atoms with Crippen molar-refractivity contribution in [1.82, 2.24) is 19.7 Å². The molecule has 0 radical (unpaired) electrons. The Hall–Kier alpha value is -3.59. The van der Waals surface area contributed by atoms with Gasteiger partial charge < -0.3 is 10.1 Å². The van der Waals surface area contributed by atoms with E-state index in [1.165, 1.54) is 19.2 Å². The molecule has 0 aliphatic heterocycles. The van der Waals surface area contributed by atoms with E-state index in [0.717, 1.165) is 20.9 Å². The van der Waals surface area contributed by atoms with Crippen LogP contribution in [0.5, 0.6) is 0 Å². The summed E-state index contributed by atoms with van der Waals surface area (Å²) in [6.45, 7) is 3.85. The van der Waals surface area contributed by atoms with E-state index in [-0.39, 0.29) is 25.4 Å². The van der Waals surface area contributed by atoms with Crippen molar-refractivity contribution < 1.29 is 13.9 Å². The zero-order valence-electron chi connectivity index (χ0n) is 17.5. The van der Waals surface area contributed by atoms with Crippen molar-refractivity contribution in [2.45, 2.75) is 20.4 Å². The first-order valence-electron chi connectivity index (χ1n) is 9.65. The maximum absolute atomic E-state index is 14.1. The largest absolute Gasteiger partial charge is 0.383 e. The van der Waals surface area contributed by atoms with Crippen molar-refractivity contribution in [3.63, 3.8) is 0 Å². The minimum atomic E-state index is -0.829. The summed E-state index contributed by atoms with van der Waals surface area (Å²) in [5.74, 6) is -1.28. The molecule has 2 aromatic carbocycles. The van der Waals surface area contributed by atoms with Crippen LogP contribution in [0.3, 0.4) is 0 Å². The van der Waals surface area contributed by atoms with Crippen LogP contribution in [0.25, 0.3) is 5.69 Å². The molecule has 3 rings (SSSR count). The Morgan fingerprint density at radius 2 is 1.84 bits per heavy atom. The quantitative estimate of drug-likeness (QED) is 0.579. The molecule has 9 heteroatoms. The number of amides is 1. The number of aromatic nitrogens is 3. The highest BCUT2D eigenvalue weighted by Crippen LogP contribution is 2.11. The normalized spacial score (nSPS) is 10.8. The minimum Gasteiger partial charge on any atom is -0.383 e. The lowest BCUT2D eigenvalue weighted by molar-refractivity contribution is 0.0927. The molecule has 0 saturated heterocycles. The van der Waals surface area contributed by atoms with Crippen LogP contribution < -0.4 is 16.6 Å². The number of methoxy groups -OCH3 is 1. The SMILES string of the molecule is COCCNC(=O)c1nn(-c2ccc(C)c(F)c2)c(=O)n(Cc2ccc(C)cc2)c1=O. The zero-order chi connectivity index (χ0) is 22.5. The molecule has 0 saturated carbocycles. The topological polar surface area (TPSA) is 95.2 Å². The van der Waals surface area contributed by atoms with Crippen molar-refractivity contribution >= 4 is 5.91 Å². The Labute approximate surface area is 177 Å². The average Bonchev–Trinajstić information content (AvgIpc) is 2.75. The number of hydrogen-bond donors (Lipinski definition) is 1. The van der Waals surface area contributed by atoms with Gasteiger partial charge in [-0.3, -0.25) is 14.2 Å². The van der Waals surface area contributed by atoms with Crippen LogP contribution in [0.1, 0.15) is 27.2 Å². The Morgan fingerprint density at radius 1 is 1.13 bits per heavy atom. The standard InChI is InChI=1S/C22H23FN4O4/c1-14-4-7-16(8-5-14)13-26-21(29)19(20(28)24-10-11-31-3)25-27(22(26)30)17-9-6-15(2)18(23)12-17/h4-9,12H,10-11,13H2,1-3H3,(H,24,28). The molecule has 0 unspecified atom stereocenters. The van der Waals surface area contributed by atoms with E-state index in [1.807, 2.05) is 19.1 Å². The van der Waals surface area contributed by atoms with Crippen LogP contribution in [0.4, 0.5) is 4.39 Å². The lowest BCUT2D eigenvalue weighted by atomic mass is 10.1. The van der Waals surface area contributed by atoms with Crippen LogP contribution in [0.2, 0.25) is 0 Å². The van der Waals surface area contributed by atoms with E-state index in [2.05, 4.69) is 10.4 Å². The van der Waals surface area contributed by atoms with Gasteiger partial charge in [-0.05, 0) is 31.0 Å². The van der Waals surface area contributed by atoms with E-state index < -0.39 is 28.7 Å². The first kappa shape index (κ1) is 22.1. The number of halogens is 1. The first-order chi connectivity index (χ1) is 14.8. The fourth-order valence-corrected chi connectivity index (χ4v) is 2.90. The van der Waals surface area contributed by atoms with Gasteiger partial charge in [0, 0.05) is 19.7 Å². The molecule has 0 spiro atoms. The summed E-state index contributed by atoms with van der Waals surface area (Å²) in [6.07, 6.45) is 0. The number of carbonyl (C=O) groups is 1. The number of hydrogen-bond acceptors (Lipinski definition) is 5. The van der Waals surface area contributed by atoms with E-state index >= 15 is 0 Å². The third-order valence-electron chi connectivity index (χ3n) is 4.73. The van der Waals surface area contributed by atoms with Gasteiger partial charge in [0.15, 0.2) is 0 Å². The van der Waals surface area contributed by atoms with Crippen LogP contribution >= 0.6 is 0 Å². The third-order valence-corrected chi connectivity index (χ3v) is 4.73. The Balaban J connectivity index is 2.15. The van der Waals surface area contributed by atoms with Crippen molar-refractivity contribution in [3.8, 4) is 5.69 Å². The van der Waals surface area contributed by atoms with Crippen LogP contribution in [0, 0.1) is 19.7 Å². The predicted octanol–water partition coefficient (Wildman–Crippen LogP) is 1.57. The van der Waals surface area contributed by atoms with Gasteiger partial charge in [0.1, 0.15) is 5.82 Å². The maximum Gasteiger partial charge on any atom is 0.352 e. The summed E-state index contributed by atoms with van der Waals surface area (Å²) in [6, 6.07) is 11.4. The summed E-state index contributed by atoms with van der Waals surface area (Å²) < 4.78 is 20.8. The summed E-state index contributed by atoms with van der Waals surface area (Å²) in [7, 11) is 1.48. The minimum absolute atomic E-state index is 0.0623. The summed E-state index contributed by atoms with van der Waals surface area (Å²) >= 11 is 0. The lowest BCUT2D eigenvalue weighted by Crippen LogP contribution is -2.46. The molecular weight excluding hydrogens is 403 g/mol. The number of nitrogens with zero attached hydrogens (tertiary/aromatic N) is 3. The highest BCUT2D eigenvalue weighted by Gasteiger charge is 2.20. The number of rotatable bonds is 7. The Kier molecular flexibility index (Phi) is 6.76. The Bertz CT molecular complexity index is 1220. The summed E-state index contributed by atoms with van der Waals surface area (Å²) in [5.41, 5.74) is 0.148. The Morgan fingerprint density at radius 3 is 2.48 bits per heavy atom. The zero-order valence-corrected chi connectivity index (χ0v) is 17.5. The number of carbonyl (C=O) groups excluding carboxylic acids is 1. The monoisotopic (exact) mass is 426 g/mol. The van der Waals surface area contributed by atoms with Gasteiger partial charge in [0.05, 0.1) is 18.8 Å². The first-order valence-corrected chi connectivity index (χ1v) is 9.65. The summed E-state index contributed by atoms with van der Waals surface area (Å²) in [4.78, 5) is 38.6. The van der Waals surface area contributed by atoms with E-state index in [1.54, 1.807) is 19.1 Å². The molecular formula is C22H23FN4O4. The number of ether oxygens (including phenoxy) is 1. The molecule has 1 heterocycles. The molecule has 1 N–H and O–H groups in total. The fraction of sp³-hybridized carbons (Fsp3) is 0.273. The highest BCUT2D eigenvalue weighted by molar-refractivity contribution is 5.91. The third kappa shape index (κ3) is 4.95. The summed E-state index contributed by atoms with van der Waals surface area (Å²) in [5, 5.41) is 6.49. The fourth-order valence-electron chi connectivity index (χ4n) is 2.90. The molecule has 1 amide bonds. The van der Waals surface area contributed by atoms with E-state index in [4.69, 9.17) is 4.74 Å². The van der Waals surface area contributed by atoms with Crippen molar-refractivity contribution in [2.75, 3.05) is 20.3 Å². The maximum atomic E-state index is 14.1. The number of benzene rings is 2. The van der Waals surface area contributed by atoms with Gasteiger partial charge in [-0.1, -0.05) is 35.9 Å². The van der Waals surface area contributed by atoms with Gasteiger partial charge in [-0.2, -0.15) is 9.78 Å². The molecule has 31 heavy (non-hydrogen) atoms.